The molecule has 1 aliphatic carbocycles. The first-order valence-corrected chi connectivity index (χ1v) is 11.3. The van der Waals surface area contributed by atoms with Crippen LogP contribution in [0.3, 0.4) is 0 Å². The average Bonchev–Trinajstić information content (AvgIpc) is 3.24. The minimum absolute atomic E-state index is 0.00874. The van der Waals surface area contributed by atoms with Crippen molar-refractivity contribution in [2.45, 2.75) is 69.8 Å². The Morgan fingerprint density at radius 3 is 2.68 bits per heavy atom. The minimum atomic E-state index is -0.342. The molecule has 3 rings (SSSR count). The van der Waals surface area contributed by atoms with Gasteiger partial charge < -0.3 is 10.2 Å². The van der Waals surface area contributed by atoms with Gasteiger partial charge in [0.1, 0.15) is 6.04 Å². The van der Waals surface area contributed by atoms with E-state index in [0.717, 1.165) is 24.1 Å². The number of carbonyl (C=O) groups is 2. The van der Waals surface area contributed by atoms with Crippen molar-refractivity contribution in [2.75, 3.05) is 5.75 Å². The summed E-state index contributed by atoms with van der Waals surface area (Å²) < 4.78 is 0. The maximum absolute atomic E-state index is 13.1. The predicted octanol–water partition coefficient (Wildman–Crippen LogP) is 4.13. The molecule has 138 valence electrons. The van der Waals surface area contributed by atoms with Gasteiger partial charge in [0, 0.05) is 11.8 Å². The smallest absolute Gasteiger partial charge is 0.265 e. The van der Waals surface area contributed by atoms with Gasteiger partial charge in [0.15, 0.2) is 0 Å². The SMILES string of the molecule is CC(C)CC1SCC(C(=O)NC2CCCCC2)N1C(=O)c1cccs1. The molecule has 1 aromatic heterocycles. The van der Waals surface area contributed by atoms with Crippen molar-refractivity contribution < 1.29 is 9.59 Å². The van der Waals surface area contributed by atoms with Gasteiger partial charge in [-0.15, -0.1) is 23.1 Å². The van der Waals surface area contributed by atoms with E-state index in [-0.39, 0.29) is 29.3 Å². The lowest BCUT2D eigenvalue weighted by Gasteiger charge is -2.31. The first-order chi connectivity index (χ1) is 12.1. The number of amides is 2. The van der Waals surface area contributed by atoms with Crippen LogP contribution in [0.4, 0.5) is 0 Å². The Morgan fingerprint density at radius 2 is 2.04 bits per heavy atom. The molecule has 0 spiro atoms. The summed E-state index contributed by atoms with van der Waals surface area (Å²) >= 11 is 3.21. The van der Waals surface area contributed by atoms with Crippen LogP contribution in [-0.4, -0.2) is 39.9 Å². The number of carbonyl (C=O) groups excluding carboxylic acids is 2. The zero-order valence-corrected chi connectivity index (χ0v) is 16.7. The lowest BCUT2D eigenvalue weighted by atomic mass is 9.95. The number of nitrogens with zero attached hydrogens (tertiary/aromatic N) is 1. The first kappa shape index (κ1) is 18.8. The molecule has 2 aliphatic rings. The van der Waals surface area contributed by atoms with Gasteiger partial charge >= 0.3 is 0 Å². The summed E-state index contributed by atoms with van der Waals surface area (Å²) in [6, 6.07) is 3.70. The summed E-state index contributed by atoms with van der Waals surface area (Å²) in [6.45, 7) is 4.34. The van der Waals surface area contributed by atoms with Gasteiger partial charge in [-0.3, -0.25) is 9.59 Å². The topological polar surface area (TPSA) is 49.4 Å². The van der Waals surface area contributed by atoms with Crippen LogP contribution in [0.15, 0.2) is 17.5 Å². The molecule has 1 aliphatic heterocycles. The van der Waals surface area contributed by atoms with Gasteiger partial charge in [-0.25, -0.2) is 0 Å². The van der Waals surface area contributed by atoms with E-state index in [1.807, 2.05) is 22.4 Å². The van der Waals surface area contributed by atoms with E-state index in [1.165, 1.54) is 30.6 Å². The molecule has 2 atom stereocenters. The highest BCUT2D eigenvalue weighted by Crippen LogP contribution is 2.35. The summed E-state index contributed by atoms with van der Waals surface area (Å²) in [5, 5.41) is 5.24. The highest BCUT2D eigenvalue weighted by Gasteiger charge is 2.42. The Bertz CT molecular complexity index is 582. The van der Waals surface area contributed by atoms with Gasteiger partial charge in [0.25, 0.3) is 5.91 Å². The van der Waals surface area contributed by atoms with Crippen LogP contribution in [0, 0.1) is 5.92 Å². The van der Waals surface area contributed by atoms with Crippen molar-refractivity contribution in [2.24, 2.45) is 5.92 Å². The average molecular weight is 381 g/mol. The molecule has 0 radical (unpaired) electrons. The van der Waals surface area contributed by atoms with Crippen LogP contribution in [0.2, 0.25) is 0 Å². The van der Waals surface area contributed by atoms with Crippen LogP contribution in [0.1, 0.15) is 62.0 Å². The molecule has 4 nitrogen and oxygen atoms in total. The van der Waals surface area contributed by atoms with E-state index >= 15 is 0 Å². The van der Waals surface area contributed by atoms with Gasteiger partial charge in [-0.2, -0.15) is 0 Å². The second kappa shape index (κ2) is 8.58. The summed E-state index contributed by atoms with van der Waals surface area (Å²) in [5.41, 5.74) is 0. The van der Waals surface area contributed by atoms with Crippen molar-refractivity contribution in [1.29, 1.82) is 0 Å². The van der Waals surface area contributed by atoms with Crippen molar-refractivity contribution in [3.8, 4) is 0 Å². The molecular formula is C19H28N2O2S2. The van der Waals surface area contributed by atoms with Crippen LogP contribution >= 0.6 is 23.1 Å². The van der Waals surface area contributed by atoms with Gasteiger partial charge in [-0.05, 0) is 36.6 Å². The maximum atomic E-state index is 13.1. The number of thiophene rings is 1. The van der Waals surface area contributed by atoms with E-state index in [4.69, 9.17) is 0 Å². The third-order valence-electron chi connectivity index (χ3n) is 4.99. The van der Waals surface area contributed by atoms with Crippen LogP contribution in [0.25, 0.3) is 0 Å². The molecular weight excluding hydrogens is 352 g/mol. The zero-order valence-electron chi connectivity index (χ0n) is 15.1. The highest BCUT2D eigenvalue weighted by molar-refractivity contribution is 8.00. The zero-order chi connectivity index (χ0) is 17.8. The molecule has 25 heavy (non-hydrogen) atoms. The Kier molecular flexibility index (Phi) is 6.44. The van der Waals surface area contributed by atoms with Crippen LogP contribution in [-0.2, 0) is 4.79 Å². The van der Waals surface area contributed by atoms with Crippen molar-refractivity contribution >= 4 is 34.9 Å². The largest absolute Gasteiger partial charge is 0.352 e. The van der Waals surface area contributed by atoms with Gasteiger partial charge in [-0.1, -0.05) is 39.2 Å². The van der Waals surface area contributed by atoms with Gasteiger partial charge in [0.2, 0.25) is 5.91 Å². The minimum Gasteiger partial charge on any atom is -0.352 e. The standard InChI is InChI=1S/C19H28N2O2S2/c1-13(2)11-17-21(19(23)16-9-6-10-24-16)15(12-25-17)18(22)20-14-7-4-3-5-8-14/h6,9-10,13-15,17H,3-5,7-8,11-12H2,1-2H3,(H,20,22). The molecule has 1 N–H and O–H groups in total. The quantitative estimate of drug-likeness (QED) is 0.836. The highest BCUT2D eigenvalue weighted by atomic mass is 32.2. The normalized spacial score (nSPS) is 24.7. The van der Waals surface area contributed by atoms with E-state index in [1.54, 1.807) is 11.8 Å². The fraction of sp³-hybridized carbons (Fsp3) is 0.684. The second-order valence-electron chi connectivity index (χ2n) is 7.47. The second-order valence-corrected chi connectivity index (χ2v) is 9.63. The molecule has 2 heterocycles. The molecule has 1 saturated carbocycles. The lowest BCUT2D eigenvalue weighted by Crippen LogP contribution is -2.52. The third-order valence-corrected chi connectivity index (χ3v) is 7.16. The first-order valence-electron chi connectivity index (χ1n) is 9.34. The van der Waals surface area contributed by atoms with Crippen LogP contribution < -0.4 is 5.32 Å². The summed E-state index contributed by atoms with van der Waals surface area (Å²) in [7, 11) is 0. The number of hydrogen-bond acceptors (Lipinski definition) is 4. The number of rotatable bonds is 5. The molecule has 1 saturated heterocycles. The monoisotopic (exact) mass is 380 g/mol. The Hall–Kier alpha value is -1.01. The molecule has 2 amide bonds. The van der Waals surface area contributed by atoms with Gasteiger partial charge in [0.05, 0.1) is 10.3 Å². The fourth-order valence-corrected chi connectivity index (χ4v) is 6.00. The molecule has 2 unspecified atom stereocenters. The maximum Gasteiger partial charge on any atom is 0.265 e. The molecule has 1 aromatic rings. The fourth-order valence-electron chi connectivity index (χ4n) is 3.69. The van der Waals surface area contributed by atoms with E-state index < -0.39 is 0 Å². The predicted molar refractivity (Wildman–Crippen MR) is 105 cm³/mol. The van der Waals surface area contributed by atoms with Crippen molar-refractivity contribution in [3.05, 3.63) is 22.4 Å². The van der Waals surface area contributed by atoms with Crippen LogP contribution in [0.5, 0.6) is 0 Å². The molecule has 0 aromatic carbocycles. The van der Waals surface area contributed by atoms with E-state index in [2.05, 4.69) is 19.2 Å². The van der Waals surface area contributed by atoms with Crippen molar-refractivity contribution in [1.82, 2.24) is 10.2 Å². The Balaban J connectivity index is 1.73. The Morgan fingerprint density at radius 1 is 1.28 bits per heavy atom. The molecule has 6 heteroatoms. The summed E-state index contributed by atoms with van der Waals surface area (Å²) in [5.74, 6) is 1.24. The number of thioether (sulfide) groups is 1. The summed E-state index contributed by atoms with van der Waals surface area (Å²) in [4.78, 5) is 28.5. The van der Waals surface area contributed by atoms with E-state index in [9.17, 15) is 9.59 Å². The van der Waals surface area contributed by atoms with Crippen molar-refractivity contribution in [3.63, 3.8) is 0 Å². The molecule has 2 fully saturated rings. The lowest BCUT2D eigenvalue weighted by molar-refractivity contribution is -0.125. The molecule has 0 bridgehead atoms. The number of nitrogens with one attached hydrogen (secondary N) is 1. The third kappa shape index (κ3) is 4.59. The van der Waals surface area contributed by atoms with E-state index in [0.29, 0.717) is 11.7 Å². The Labute approximate surface area is 158 Å². The summed E-state index contributed by atoms with van der Waals surface area (Å²) in [6.07, 6.45) is 6.72. The number of hydrogen-bond donors (Lipinski definition) is 1.